The number of fused-ring (bicyclic) bond motifs is 1. The van der Waals surface area contributed by atoms with Crippen molar-refractivity contribution in [2.24, 2.45) is 0 Å². The Bertz CT molecular complexity index is 843. The molecule has 0 spiro atoms. The minimum Gasteiger partial charge on any atom is -0.489 e. The predicted molar refractivity (Wildman–Crippen MR) is 97.7 cm³/mol. The lowest BCUT2D eigenvalue weighted by molar-refractivity contribution is -0.119. The Hall–Kier alpha value is -2.54. The summed E-state index contributed by atoms with van der Waals surface area (Å²) in [6, 6.07) is 11.6. The number of nitrogens with one attached hydrogen (secondary N) is 2. The van der Waals surface area contributed by atoms with Gasteiger partial charge in [-0.15, -0.1) is 11.8 Å². The highest BCUT2D eigenvalue weighted by molar-refractivity contribution is 8.00. The number of rotatable bonds is 4. The number of carbonyl (C=O) groups is 2. The van der Waals surface area contributed by atoms with Crippen molar-refractivity contribution in [3.8, 4) is 5.75 Å². The Balaban J connectivity index is 1.57. The third-order valence-corrected chi connectivity index (χ3v) is 5.35. The van der Waals surface area contributed by atoms with Gasteiger partial charge in [0.15, 0.2) is 0 Å². The third-order valence-electron chi connectivity index (χ3n) is 4.30. The van der Waals surface area contributed by atoms with Crippen molar-refractivity contribution in [1.82, 2.24) is 10.9 Å². The fraction of sp³-hybridized carbons (Fsp3) is 0.263. The number of halogens is 1. The molecule has 3 rings (SSSR count). The van der Waals surface area contributed by atoms with E-state index < -0.39 is 11.8 Å². The van der Waals surface area contributed by atoms with Gasteiger partial charge in [-0.2, -0.15) is 0 Å². The van der Waals surface area contributed by atoms with Gasteiger partial charge in [0.1, 0.15) is 17.7 Å². The predicted octanol–water partition coefficient (Wildman–Crippen LogP) is 3.26. The normalized spacial score (nSPS) is 18.0. The molecule has 1 heterocycles. The van der Waals surface area contributed by atoms with Crippen LogP contribution in [0.2, 0.25) is 0 Å². The van der Waals surface area contributed by atoms with Crippen LogP contribution >= 0.6 is 11.8 Å². The Morgan fingerprint density at radius 2 is 1.88 bits per heavy atom. The smallest absolute Gasteiger partial charge is 0.273 e. The molecule has 0 radical (unpaired) electrons. The van der Waals surface area contributed by atoms with Gasteiger partial charge in [0.05, 0.1) is 11.3 Å². The molecule has 2 amide bonds. The van der Waals surface area contributed by atoms with Crippen molar-refractivity contribution in [1.29, 1.82) is 0 Å². The highest BCUT2D eigenvalue weighted by Gasteiger charge is 2.31. The summed E-state index contributed by atoms with van der Waals surface area (Å²) < 4.78 is 19.3. The molecule has 0 saturated carbocycles. The molecule has 2 atom stereocenters. The first-order valence-corrected chi connectivity index (χ1v) is 9.22. The van der Waals surface area contributed by atoms with Crippen LogP contribution in [0.1, 0.15) is 35.7 Å². The largest absolute Gasteiger partial charge is 0.489 e. The van der Waals surface area contributed by atoms with E-state index in [4.69, 9.17) is 4.74 Å². The fourth-order valence-electron chi connectivity index (χ4n) is 2.70. The molecule has 0 fully saturated rings. The quantitative estimate of drug-likeness (QED) is 0.637. The monoisotopic (exact) mass is 374 g/mol. The van der Waals surface area contributed by atoms with Crippen molar-refractivity contribution in [2.75, 3.05) is 5.75 Å². The van der Waals surface area contributed by atoms with Gasteiger partial charge >= 0.3 is 0 Å². The standard InChI is InChI=1S/C19H19FN2O3S/c1-11-12(2)25-18-13(11)6-5-7-14(18)19(24)22-21-17(23)10-26-16-9-4-3-8-15(16)20/h3-9,11-12H,10H2,1-2H3,(H,21,23)(H,22,24). The van der Waals surface area contributed by atoms with Crippen molar-refractivity contribution < 1.29 is 18.7 Å². The fourth-order valence-corrected chi connectivity index (χ4v) is 3.44. The number of ether oxygens (including phenoxy) is 1. The van der Waals surface area contributed by atoms with E-state index in [0.717, 1.165) is 17.3 Å². The maximum atomic E-state index is 13.5. The number of hydrogen-bond donors (Lipinski definition) is 2. The number of hydrogen-bond acceptors (Lipinski definition) is 4. The molecular weight excluding hydrogens is 355 g/mol. The molecule has 2 aromatic carbocycles. The number of benzene rings is 2. The second-order valence-electron chi connectivity index (χ2n) is 6.06. The molecule has 0 bridgehead atoms. The Morgan fingerprint density at radius 1 is 1.12 bits per heavy atom. The Kier molecular flexibility index (Phi) is 5.46. The van der Waals surface area contributed by atoms with Crippen LogP contribution in [0.4, 0.5) is 4.39 Å². The zero-order valence-electron chi connectivity index (χ0n) is 14.4. The van der Waals surface area contributed by atoms with Gasteiger partial charge in [-0.1, -0.05) is 31.2 Å². The summed E-state index contributed by atoms with van der Waals surface area (Å²) in [4.78, 5) is 24.7. The lowest BCUT2D eigenvalue weighted by Crippen LogP contribution is -2.42. The first kappa shape index (κ1) is 18.3. The van der Waals surface area contributed by atoms with E-state index in [2.05, 4.69) is 10.9 Å². The highest BCUT2D eigenvalue weighted by Crippen LogP contribution is 2.40. The maximum Gasteiger partial charge on any atom is 0.273 e. The van der Waals surface area contributed by atoms with Crippen LogP contribution in [0.3, 0.4) is 0 Å². The van der Waals surface area contributed by atoms with Gasteiger partial charge in [-0.25, -0.2) is 4.39 Å². The van der Waals surface area contributed by atoms with Gasteiger partial charge in [0.25, 0.3) is 5.91 Å². The SMILES string of the molecule is CC1Oc2c(C(=O)NNC(=O)CSc3ccccc3F)cccc2C1C. The second kappa shape index (κ2) is 7.78. The molecule has 5 nitrogen and oxygen atoms in total. The third kappa shape index (κ3) is 3.83. The molecule has 7 heteroatoms. The lowest BCUT2D eigenvalue weighted by atomic mass is 9.97. The van der Waals surface area contributed by atoms with Gasteiger partial charge in [-0.05, 0) is 25.1 Å². The molecule has 0 aliphatic carbocycles. The lowest BCUT2D eigenvalue weighted by Gasteiger charge is -2.11. The number of thioether (sulfide) groups is 1. The molecular formula is C19H19FN2O3S. The van der Waals surface area contributed by atoms with Gasteiger partial charge in [-0.3, -0.25) is 20.4 Å². The van der Waals surface area contributed by atoms with Crippen LogP contribution in [-0.2, 0) is 4.79 Å². The first-order chi connectivity index (χ1) is 12.5. The van der Waals surface area contributed by atoms with Crippen LogP contribution in [0.15, 0.2) is 47.4 Å². The van der Waals surface area contributed by atoms with E-state index in [9.17, 15) is 14.0 Å². The zero-order chi connectivity index (χ0) is 18.7. The van der Waals surface area contributed by atoms with Crippen LogP contribution in [0, 0.1) is 5.82 Å². The van der Waals surface area contributed by atoms with Crippen LogP contribution in [0.25, 0.3) is 0 Å². The Morgan fingerprint density at radius 3 is 2.65 bits per heavy atom. The second-order valence-corrected chi connectivity index (χ2v) is 7.07. The van der Waals surface area contributed by atoms with Crippen LogP contribution in [0.5, 0.6) is 5.75 Å². The minimum absolute atomic E-state index is 0.00860. The van der Waals surface area contributed by atoms with E-state index in [1.807, 2.05) is 19.9 Å². The summed E-state index contributed by atoms with van der Waals surface area (Å²) in [6.07, 6.45) is -0.00860. The molecule has 1 aliphatic rings. The summed E-state index contributed by atoms with van der Waals surface area (Å²) in [6.45, 7) is 3.99. The van der Waals surface area contributed by atoms with E-state index >= 15 is 0 Å². The molecule has 2 N–H and O–H groups in total. The molecule has 26 heavy (non-hydrogen) atoms. The van der Waals surface area contributed by atoms with E-state index in [-0.39, 0.29) is 23.6 Å². The summed E-state index contributed by atoms with van der Waals surface area (Å²) in [5.41, 5.74) is 6.08. The van der Waals surface area contributed by atoms with Crippen LogP contribution in [-0.4, -0.2) is 23.7 Å². The van der Waals surface area contributed by atoms with Crippen molar-refractivity contribution in [3.63, 3.8) is 0 Å². The summed E-state index contributed by atoms with van der Waals surface area (Å²) in [7, 11) is 0. The molecule has 0 saturated heterocycles. The average Bonchev–Trinajstić information content (AvgIpc) is 2.93. The van der Waals surface area contributed by atoms with Crippen molar-refractivity contribution in [2.45, 2.75) is 30.8 Å². The van der Waals surface area contributed by atoms with E-state index in [1.54, 1.807) is 30.3 Å². The van der Waals surface area contributed by atoms with Gasteiger partial charge < -0.3 is 4.74 Å². The molecule has 2 unspecified atom stereocenters. The zero-order valence-corrected chi connectivity index (χ0v) is 15.2. The minimum atomic E-state index is -0.451. The van der Waals surface area contributed by atoms with Crippen molar-refractivity contribution >= 4 is 23.6 Å². The van der Waals surface area contributed by atoms with Crippen LogP contribution < -0.4 is 15.6 Å². The highest BCUT2D eigenvalue weighted by atomic mass is 32.2. The van der Waals surface area contributed by atoms with Crippen molar-refractivity contribution in [3.05, 3.63) is 59.4 Å². The van der Waals surface area contributed by atoms with E-state index in [0.29, 0.717) is 16.2 Å². The number of amides is 2. The first-order valence-electron chi connectivity index (χ1n) is 8.23. The summed E-state index contributed by atoms with van der Waals surface area (Å²) >= 11 is 1.06. The van der Waals surface area contributed by atoms with Gasteiger partial charge in [0.2, 0.25) is 5.91 Å². The molecule has 2 aromatic rings. The Labute approximate surface area is 155 Å². The number of carbonyl (C=O) groups excluding carboxylic acids is 2. The maximum absolute atomic E-state index is 13.5. The summed E-state index contributed by atoms with van der Waals surface area (Å²) in [5.74, 6) is -0.521. The summed E-state index contributed by atoms with van der Waals surface area (Å²) in [5, 5.41) is 0. The van der Waals surface area contributed by atoms with Gasteiger partial charge in [0, 0.05) is 16.4 Å². The molecule has 136 valence electrons. The number of para-hydroxylation sites is 1. The molecule has 0 aromatic heterocycles. The average molecular weight is 374 g/mol. The van der Waals surface area contributed by atoms with E-state index in [1.165, 1.54) is 6.07 Å². The number of hydrazine groups is 1. The molecule has 1 aliphatic heterocycles. The topological polar surface area (TPSA) is 67.4 Å².